The molecule has 0 atom stereocenters. The van der Waals surface area contributed by atoms with E-state index in [0.29, 0.717) is 17.6 Å². The molecule has 0 spiro atoms. The van der Waals surface area contributed by atoms with Gasteiger partial charge in [-0.05, 0) is 30.7 Å². The van der Waals surface area contributed by atoms with Crippen molar-refractivity contribution in [3.8, 4) is 0 Å². The van der Waals surface area contributed by atoms with Crippen LogP contribution in [-0.2, 0) is 22.6 Å². The van der Waals surface area contributed by atoms with Crippen molar-refractivity contribution in [3.05, 3.63) is 70.0 Å². The lowest BCUT2D eigenvalue weighted by Crippen LogP contribution is -2.08. The molecule has 1 aromatic carbocycles. The molecule has 3 rings (SSSR count). The lowest BCUT2D eigenvalue weighted by atomic mass is 10.1. The normalized spacial score (nSPS) is 10.8. The van der Waals surface area contributed by atoms with Crippen LogP contribution in [0.5, 0.6) is 0 Å². The van der Waals surface area contributed by atoms with Crippen LogP contribution in [0.2, 0.25) is 0 Å². The van der Waals surface area contributed by atoms with Gasteiger partial charge in [0.1, 0.15) is 18.0 Å². The Hall–Kier alpha value is -2.82. The monoisotopic (exact) mass is 312 g/mol. The summed E-state index contributed by atoms with van der Waals surface area (Å²) in [5.41, 5.74) is 1.68. The van der Waals surface area contributed by atoms with Gasteiger partial charge in [-0.2, -0.15) is 0 Å². The molecule has 118 valence electrons. The number of aryl methyl sites for hydroxylation is 2. The van der Waals surface area contributed by atoms with E-state index in [0.717, 1.165) is 16.7 Å². The van der Waals surface area contributed by atoms with Gasteiger partial charge in [0.25, 0.3) is 0 Å². The molecular formula is C18H16O5. The predicted octanol–water partition coefficient (Wildman–Crippen LogP) is 3.37. The summed E-state index contributed by atoms with van der Waals surface area (Å²) in [7, 11) is 0. The molecule has 23 heavy (non-hydrogen) atoms. The second-order valence-electron chi connectivity index (χ2n) is 5.33. The molecule has 5 heteroatoms. The van der Waals surface area contributed by atoms with E-state index in [2.05, 4.69) is 0 Å². The van der Waals surface area contributed by atoms with Crippen molar-refractivity contribution < 1.29 is 18.4 Å². The highest BCUT2D eigenvalue weighted by Gasteiger charge is 2.10. The molecule has 0 fully saturated rings. The molecule has 0 bridgehead atoms. The summed E-state index contributed by atoms with van der Waals surface area (Å²) in [6.07, 6.45) is 2.28. The fourth-order valence-corrected chi connectivity index (χ4v) is 2.37. The van der Waals surface area contributed by atoms with Gasteiger partial charge in [-0.15, -0.1) is 0 Å². The van der Waals surface area contributed by atoms with Crippen LogP contribution in [0.4, 0.5) is 0 Å². The first kappa shape index (κ1) is 15.1. The molecule has 0 aliphatic carbocycles. The van der Waals surface area contributed by atoms with Crippen LogP contribution in [0.25, 0.3) is 11.0 Å². The van der Waals surface area contributed by atoms with Crippen molar-refractivity contribution in [3.63, 3.8) is 0 Å². The summed E-state index contributed by atoms with van der Waals surface area (Å²) in [5.74, 6) is 0.401. The molecular weight excluding hydrogens is 296 g/mol. The Bertz CT molecular complexity index is 874. The molecule has 0 aliphatic rings. The fourth-order valence-electron chi connectivity index (χ4n) is 2.37. The van der Waals surface area contributed by atoms with Crippen molar-refractivity contribution in [2.45, 2.75) is 26.4 Å². The maximum Gasteiger partial charge on any atom is 0.336 e. The molecule has 0 saturated heterocycles. The topological polar surface area (TPSA) is 69.7 Å². The summed E-state index contributed by atoms with van der Waals surface area (Å²) >= 11 is 0. The van der Waals surface area contributed by atoms with Gasteiger partial charge in [-0.1, -0.05) is 12.1 Å². The average Bonchev–Trinajstić information content (AvgIpc) is 3.03. The minimum absolute atomic E-state index is 0.0438. The fraction of sp³-hybridized carbons (Fsp3) is 0.222. The predicted molar refractivity (Wildman–Crippen MR) is 84.0 cm³/mol. The zero-order chi connectivity index (χ0) is 16.2. The number of ether oxygens (including phenoxy) is 1. The Morgan fingerprint density at radius 1 is 1.22 bits per heavy atom. The highest BCUT2D eigenvalue weighted by atomic mass is 16.5. The number of benzene rings is 1. The lowest BCUT2D eigenvalue weighted by molar-refractivity contribution is -0.144. The first-order valence-corrected chi connectivity index (χ1v) is 7.33. The first-order chi connectivity index (χ1) is 11.1. The summed E-state index contributed by atoms with van der Waals surface area (Å²) in [5, 5.41) is 0.772. The van der Waals surface area contributed by atoms with E-state index < -0.39 is 5.63 Å². The average molecular weight is 312 g/mol. The highest BCUT2D eigenvalue weighted by Crippen LogP contribution is 2.19. The molecule has 0 saturated carbocycles. The maximum absolute atomic E-state index is 11.8. The number of esters is 1. The number of fused-ring (bicyclic) bond motifs is 1. The maximum atomic E-state index is 11.8. The Balaban J connectivity index is 1.69. The number of hydrogen-bond acceptors (Lipinski definition) is 5. The van der Waals surface area contributed by atoms with Crippen molar-refractivity contribution in [1.29, 1.82) is 0 Å². The largest absolute Gasteiger partial charge is 0.469 e. The van der Waals surface area contributed by atoms with E-state index in [1.807, 2.05) is 25.1 Å². The van der Waals surface area contributed by atoms with Crippen molar-refractivity contribution in [1.82, 2.24) is 0 Å². The van der Waals surface area contributed by atoms with Gasteiger partial charge in [0.15, 0.2) is 0 Å². The van der Waals surface area contributed by atoms with Gasteiger partial charge in [0, 0.05) is 23.4 Å². The minimum atomic E-state index is -0.454. The van der Waals surface area contributed by atoms with Gasteiger partial charge < -0.3 is 13.6 Å². The molecule has 0 aliphatic heterocycles. The molecule has 5 nitrogen and oxygen atoms in total. The second-order valence-corrected chi connectivity index (χ2v) is 5.33. The van der Waals surface area contributed by atoms with Crippen molar-refractivity contribution in [2.24, 2.45) is 0 Å². The van der Waals surface area contributed by atoms with E-state index in [-0.39, 0.29) is 19.0 Å². The smallest absolute Gasteiger partial charge is 0.336 e. The number of furan rings is 1. The summed E-state index contributed by atoms with van der Waals surface area (Å²) < 4.78 is 15.6. The van der Waals surface area contributed by atoms with Crippen LogP contribution >= 0.6 is 0 Å². The molecule has 0 radical (unpaired) electrons. The van der Waals surface area contributed by atoms with E-state index in [9.17, 15) is 9.59 Å². The third-order valence-corrected chi connectivity index (χ3v) is 3.53. The standard InChI is InChI=1S/C18H16O5/c1-12-4-6-15-13(10-18(20)23-16(15)9-12)11-22-17(19)7-5-14-3-2-8-21-14/h2-4,6,8-10H,5,7,11H2,1H3. The quantitative estimate of drug-likeness (QED) is 0.533. The van der Waals surface area contributed by atoms with E-state index >= 15 is 0 Å². The number of hydrogen-bond donors (Lipinski definition) is 0. The first-order valence-electron chi connectivity index (χ1n) is 7.33. The van der Waals surface area contributed by atoms with E-state index in [4.69, 9.17) is 13.6 Å². The van der Waals surface area contributed by atoms with Crippen LogP contribution in [0.3, 0.4) is 0 Å². The molecule has 0 unspecified atom stereocenters. The Labute approximate surface area is 132 Å². The molecule has 0 N–H and O–H groups in total. The third kappa shape index (κ3) is 3.69. The Morgan fingerprint density at radius 3 is 2.87 bits per heavy atom. The highest BCUT2D eigenvalue weighted by molar-refractivity contribution is 5.81. The molecule has 2 heterocycles. The zero-order valence-corrected chi connectivity index (χ0v) is 12.7. The van der Waals surface area contributed by atoms with Gasteiger partial charge in [0.05, 0.1) is 12.7 Å². The van der Waals surface area contributed by atoms with E-state index in [1.165, 1.54) is 6.07 Å². The summed E-state index contributed by atoms with van der Waals surface area (Å²) in [4.78, 5) is 23.4. The van der Waals surface area contributed by atoms with Crippen LogP contribution in [0.1, 0.15) is 23.3 Å². The van der Waals surface area contributed by atoms with Gasteiger partial charge in [0.2, 0.25) is 0 Å². The van der Waals surface area contributed by atoms with Gasteiger partial charge >= 0.3 is 11.6 Å². The molecule has 2 aromatic heterocycles. The zero-order valence-electron chi connectivity index (χ0n) is 12.7. The van der Waals surface area contributed by atoms with E-state index in [1.54, 1.807) is 18.4 Å². The van der Waals surface area contributed by atoms with Crippen LogP contribution in [0, 0.1) is 6.92 Å². The lowest BCUT2D eigenvalue weighted by Gasteiger charge is -2.07. The van der Waals surface area contributed by atoms with Crippen LogP contribution in [-0.4, -0.2) is 5.97 Å². The number of carbonyl (C=O) groups is 1. The summed E-state index contributed by atoms with van der Waals surface area (Å²) in [6.45, 7) is 1.96. The Kier molecular flexibility index (Phi) is 4.28. The van der Waals surface area contributed by atoms with Crippen LogP contribution in [0.15, 0.2) is 56.3 Å². The SMILES string of the molecule is Cc1ccc2c(COC(=O)CCc3ccco3)cc(=O)oc2c1. The number of carbonyl (C=O) groups excluding carboxylic acids is 1. The van der Waals surface area contributed by atoms with Crippen molar-refractivity contribution >= 4 is 16.9 Å². The van der Waals surface area contributed by atoms with Crippen molar-refractivity contribution in [2.75, 3.05) is 0 Å². The minimum Gasteiger partial charge on any atom is -0.469 e. The summed E-state index contributed by atoms with van der Waals surface area (Å²) in [6, 6.07) is 10.5. The molecule has 0 amide bonds. The third-order valence-electron chi connectivity index (χ3n) is 3.53. The second kappa shape index (κ2) is 6.52. The van der Waals surface area contributed by atoms with Gasteiger partial charge in [-0.25, -0.2) is 4.79 Å². The Morgan fingerprint density at radius 2 is 2.09 bits per heavy atom. The van der Waals surface area contributed by atoms with Crippen LogP contribution < -0.4 is 5.63 Å². The number of rotatable bonds is 5. The van der Waals surface area contributed by atoms with Gasteiger partial charge in [-0.3, -0.25) is 4.79 Å². The molecule has 3 aromatic rings.